The molecule has 16 heavy (non-hydrogen) atoms. The van der Waals surface area contributed by atoms with E-state index in [1.807, 2.05) is 37.3 Å². The Labute approximate surface area is 93.1 Å². The zero-order valence-corrected chi connectivity index (χ0v) is 9.01. The monoisotopic (exact) mass is 215 g/mol. The van der Waals surface area contributed by atoms with Crippen molar-refractivity contribution in [2.75, 3.05) is 5.73 Å². The van der Waals surface area contributed by atoms with Gasteiger partial charge in [0.25, 0.3) is 0 Å². The number of nitrogens with zero attached hydrogens (tertiary/aromatic N) is 3. The van der Waals surface area contributed by atoms with E-state index in [0.29, 0.717) is 18.1 Å². The van der Waals surface area contributed by atoms with Gasteiger partial charge in [-0.25, -0.2) is 4.68 Å². The van der Waals surface area contributed by atoms with Gasteiger partial charge in [-0.05, 0) is 6.92 Å². The van der Waals surface area contributed by atoms with Gasteiger partial charge in [0, 0.05) is 12.1 Å². The average molecular weight is 215 g/mol. The van der Waals surface area contributed by atoms with Crippen LogP contribution in [0.25, 0.3) is 11.3 Å². The van der Waals surface area contributed by atoms with Gasteiger partial charge < -0.3 is 5.73 Å². The lowest BCUT2D eigenvalue weighted by Crippen LogP contribution is -2.26. The molecule has 0 atom stereocenters. The highest BCUT2D eigenvalue weighted by Gasteiger charge is 2.07. The van der Waals surface area contributed by atoms with Crippen LogP contribution >= 0.6 is 0 Å². The van der Waals surface area contributed by atoms with Crippen LogP contribution in [-0.4, -0.2) is 14.8 Å². The van der Waals surface area contributed by atoms with Crippen molar-refractivity contribution < 1.29 is 0 Å². The maximum atomic E-state index is 7.58. The molecule has 1 heterocycles. The maximum Gasteiger partial charge on any atom is 0.240 e. The second kappa shape index (κ2) is 4.14. The smallest absolute Gasteiger partial charge is 0.240 e. The standard InChI is InChI=1S/C11H13N5/c1-2-16-11(13)14-10(12)9(15-16)8-6-4-3-5-7-8/h3-7H,2H2,1H3,(H3,12,13,14). The lowest BCUT2D eigenvalue weighted by Gasteiger charge is -2.07. The van der Waals surface area contributed by atoms with Gasteiger partial charge >= 0.3 is 0 Å². The summed E-state index contributed by atoms with van der Waals surface area (Å²) >= 11 is 0. The van der Waals surface area contributed by atoms with Gasteiger partial charge in [-0.1, -0.05) is 30.3 Å². The minimum Gasteiger partial charge on any atom is -0.382 e. The number of hydrogen-bond donors (Lipinski definition) is 2. The van der Waals surface area contributed by atoms with E-state index in [1.54, 1.807) is 0 Å². The molecular weight excluding hydrogens is 202 g/mol. The Morgan fingerprint density at radius 2 is 2.00 bits per heavy atom. The summed E-state index contributed by atoms with van der Waals surface area (Å²) < 4.78 is 1.51. The van der Waals surface area contributed by atoms with Gasteiger partial charge in [0.2, 0.25) is 5.62 Å². The number of hydrogen-bond acceptors (Lipinski definition) is 4. The summed E-state index contributed by atoms with van der Waals surface area (Å²) in [6, 6.07) is 9.61. The molecule has 3 N–H and O–H groups in total. The minimum atomic E-state index is 0.0830. The van der Waals surface area contributed by atoms with Crippen molar-refractivity contribution in [2.45, 2.75) is 13.5 Å². The van der Waals surface area contributed by atoms with E-state index >= 15 is 0 Å². The molecule has 0 aliphatic rings. The number of aryl methyl sites for hydroxylation is 1. The summed E-state index contributed by atoms with van der Waals surface area (Å²) in [7, 11) is 0. The molecule has 1 aromatic carbocycles. The summed E-state index contributed by atoms with van der Waals surface area (Å²) in [4.78, 5) is 3.97. The van der Waals surface area contributed by atoms with Crippen LogP contribution in [0.5, 0.6) is 0 Å². The molecule has 0 saturated carbocycles. The van der Waals surface area contributed by atoms with E-state index in [4.69, 9.17) is 11.1 Å². The highest BCUT2D eigenvalue weighted by Crippen LogP contribution is 2.19. The lowest BCUT2D eigenvalue weighted by molar-refractivity contribution is 0.577. The van der Waals surface area contributed by atoms with Gasteiger partial charge in [0.1, 0.15) is 5.69 Å². The number of benzene rings is 1. The molecule has 0 unspecified atom stereocenters. The Hall–Kier alpha value is -2.17. The quantitative estimate of drug-likeness (QED) is 0.785. The Bertz CT molecular complexity index is 544. The predicted octanol–water partition coefficient (Wildman–Crippen LogP) is 1.03. The minimum absolute atomic E-state index is 0.0830. The molecule has 0 bridgehead atoms. The number of rotatable bonds is 2. The van der Waals surface area contributed by atoms with Crippen molar-refractivity contribution in [1.29, 1.82) is 5.41 Å². The SMILES string of the molecule is CCn1nc(-c2ccccc2)c(N)nc1=N. The van der Waals surface area contributed by atoms with Crippen LogP contribution < -0.4 is 11.4 Å². The largest absolute Gasteiger partial charge is 0.382 e. The second-order valence-electron chi connectivity index (χ2n) is 3.35. The van der Waals surface area contributed by atoms with Crippen LogP contribution in [0.1, 0.15) is 6.92 Å². The lowest BCUT2D eigenvalue weighted by atomic mass is 10.1. The molecule has 0 amide bonds. The van der Waals surface area contributed by atoms with Gasteiger partial charge in [-0.15, -0.1) is 0 Å². The van der Waals surface area contributed by atoms with E-state index in [-0.39, 0.29) is 5.62 Å². The van der Waals surface area contributed by atoms with Crippen LogP contribution in [0, 0.1) is 5.41 Å². The summed E-state index contributed by atoms with van der Waals surface area (Å²) in [6.07, 6.45) is 0. The van der Waals surface area contributed by atoms with Crippen molar-refractivity contribution in [1.82, 2.24) is 14.8 Å². The normalized spacial score (nSPS) is 10.3. The topological polar surface area (TPSA) is 80.6 Å². The second-order valence-corrected chi connectivity index (χ2v) is 3.35. The molecule has 5 nitrogen and oxygen atoms in total. The zero-order chi connectivity index (χ0) is 11.5. The van der Waals surface area contributed by atoms with Gasteiger partial charge in [0.15, 0.2) is 5.82 Å². The molecule has 0 aliphatic heterocycles. The van der Waals surface area contributed by atoms with E-state index in [2.05, 4.69) is 10.1 Å². The fourth-order valence-corrected chi connectivity index (χ4v) is 1.47. The van der Waals surface area contributed by atoms with Crippen LogP contribution in [0.15, 0.2) is 30.3 Å². The van der Waals surface area contributed by atoms with Crippen molar-refractivity contribution in [3.63, 3.8) is 0 Å². The third-order valence-corrected chi connectivity index (χ3v) is 2.28. The molecule has 1 aromatic heterocycles. The Kier molecular flexibility index (Phi) is 2.68. The fourth-order valence-electron chi connectivity index (χ4n) is 1.47. The highest BCUT2D eigenvalue weighted by molar-refractivity contribution is 5.68. The molecule has 5 heteroatoms. The Morgan fingerprint density at radius 1 is 1.31 bits per heavy atom. The van der Waals surface area contributed by atoms with E-state index in [1.165, 1.54) is 4.68 Å². The first-order valence-corrected chi connectivity index (χ1v) is 5.07. The first kappa shape index (κ1) is 10.4. The zero-order valence-electron chi connectivity index (χ0n) is 9.01. The van der Waals surface area contributed by atoms with Gasteiger partial charge in [-0.3, -0.25) is 5.41 Å². The Balaban J connectivity index is 2.62. The molecule has 82 valence electrons. The molecular formula is C11H13N5. The van der Waals surface area contributed by atoms with Crippen molar-refractivity contribution in [2.24, 2.45) is 0 Å². The van der Waals surface area contributed by atoms with Crippen molar-refractivity contribution >= 4 is 5.82 Å². The third kappa shape index (κ3) is 1.79. The summed E-state index contributed by atoms with van der Waals surface area (Å²) in [5.41, 5.74) is 7.39. The number of aromatic nitrogens is 3. The highest BCUT2D eigenvalue weighted by atomic mass is 15.3. The molecule has 2 rings (SSSR count). The predicted molar refractivity (Wildman–Crippen MR) is 61.4 cm³/mol. The number of nitrogens with two attached hydrogens (primary N) is 1. The summed E-state index contributed by atoms with van der Waals surface area (Å²) in [5.74, 6) is 0.293. The first-order valence-electron chi connectivity index (χ1n) is 5.07. The van der Waals surface area contributed by atoms with Crippen LogP contribution in [0.3, 0.4) is 0 Å². The van der Waals surface area contributed by atoms with Crippen LogP contribution in [0.2, 0.25) is 0 Å². The molecule has 0 radical (unpaired) electrons. The number of nitrogens with one attached hydrogen (secondary N) is 1. The van der Waals surface area contributed by atoms with Crippen LogP contribution in [0.4, 0.5) is 5.82 Å². The molecule has 0 spiro atoms. The van der Waals surface area contributed by atoms with E-state index in [0.717, 1.165) is 5.56 Å². The fraction of sp³-hybridized carbons (Fsp3) is 0.182. The van der Waals surface area contributed by atoms with E-state index < -0.39 is 0 Å². The Morgan fingerprint density at radius 3 is 2.62 bits per heavy atom. The molecule has 0 saturated heterocycles. The van der Waals surface area contributed by atoms with Crippen molar-refractivity contribution in [3.8, 4) is 11.3 Å². The summed E-state index contributed by atoms with van der Waals surface area (Å²) in [6.45, 7) is 2.52. The van der Waals surface area contributed by atoms with E-state index in [9.17, 15) is 0 Å². The molecule has 0 fully saturated rings. The first-order chi connectivity index (χ1) is 7.72. The summed E-state index contributed by atoms with van der Waals surface area (Å²) in [5, 5.41) is 11.9. The maximum absolute atomic E-state index is 7.58. The molecule has 0 aliphatic carbocycles. The number of anilines is 1. The van der Waals surface area contributed by atoms with Gasteiger partial charge in [-0.2, -0.15) is 10.1 Å². The molecule has 2 aromatic rings. The van der Waals surface area contributed by atoms with Gasteiger partial charge in [0.05, 0.1) is 0 Å². The van der Waals surface area contributed by atoms with Crippen LogP contribution in [-0.2, 0) is 6.54 Å². The average Bonchev–Trinajstić information content (AvgIpc) is 2.30. The number of nitrogen functional groups attached to an aromatic ring is 1. The van der Waals surface area contributed by atoms with Crippen molar-refractivity contribution in [3.05, 3.63) is 36.0 Å². The third-order valence-electron chi connectivity index (χ3n) is 2.28.